The lowest BCUT2D eigenvalue weighted by atomic mass is 10.0. The Morgan fingerprint density at radius 1 is 1.27 bits per heavy atom. The summed E-state index contributed by atoms with van der Waals surface area (Å²) < 4.78 is 10.6. The Kier molecular flexibility index (Phi) is 3.11. The standard InChI is InChI=1S/C12H17NO2/c1-14-9-5-6-12(15-2)10(8-9)11-4-3-7-13-11/h5-6,8,11,13H,3-4,7H2,1-2H3. The van der Waals surface area contributed by atoms with E-state index in [0.717, 1.165) is 18.0 Å². The summed E-state index contributed by atoms with van der Waals surface area (Å²) in [7, 11) is 3.40. The third-order valence-corrected chi connectivity index (χ3v) is 2.87. The Morgan fingerprint density at radius 3 is 2.73 bits per heavy atom. The molecule has 1 aromatic rings. The van der Waals surface area contributed by atoms with E-state index in [2.05, 4.69) is 11.4 Å². The molecule has 0 aliphatic carbocycles. The van der Waals surface area contributed by atoms with Crippen molar-refractivity contribution < 1.29 is 9.47 Å². The molecular formula is C12H17NO2. The quantitative estimate of drug-likeness (QED) is 0.823. The molecule has 82 valence electrons. The van der Waals surface area contributed by atoms with Gasteiger partial charge in [-0.1, -0.05) is 0 Å². The maximum absolute atomic E-state index is 5.36. The summed E-state index contributed by atoms with van der Waals surface area (Å²) in [5, 5.41) is 3.46. The van der Waals surface area contributed by atoms with Gasteiger partial charge in [-0.25, -0.2) is 0 Å². The lowest BCUT2D eigenvalue weighted by Gasteiger charge is -2.15. The molecule has 1 aliphatic rings. The molecule has 0 spiro atoms. The molecule has 1 aliphatic heterocycles. The fraction of sp³-hybridized carbons (Fsp3) is 0.500. The van der Waals surface area contributed by atoms with Gasteiger partial charge in [0.15, 0.2) is 0 Å². The van der Waals surface area contributed by atoms with Crippen LogP contribution < -0.4 is 14.8 Å². The number of methoxy groups -OCH3 is 2. The van der Waals surface area contributed by atoms with Crippen LogP contribution in [0.25, 0.3) is 0 Å². The number of rotatable bonds is 3. The molecule has 1 unspecified atom stereocenters. The number of ether oxygens (including phenoxy) is 2. The zero-order valence-corrected chi connectivity index (χ0v) is 9.25. The minimum Gasteiger partial charge on any atom is -0.497 e. The summed E-state index contributed by atoms with van der Waals surface area (Å²) in [5.41, 5.74) is 1.20. The minimum absolute atomic E-state index is 0.412. The number of nitrogens with one attached hydrogen (secondary N) is 1. The second-order valence-corrected chi connectivity index (χ2v) is 3.76. The topological polar surface area (TPSA) is 30.5 Å². The van der Waals surface area contributed by atoms with Gasteiger partial charge < -0.3 is 14.8 Å². The van der Waals surface area contributed by atoms with Crippen molar-refractivity contribution in [3.63, 3.8) is 0 Å². The number of hydrogen-bond acceptors (Lipinski definition) is 3. The molecule has 3 heteroatoms. The first-order valence-corrected chi connectivity index (χ1v) is 5.30. The maximum Gasteiger partial charge on any atom is 0.123 e. The van der Waals surface area contributed by atoms with Gasteiger partial charge in [-0.3, -0.25) is 0 Å². The summed E-state index contributed by atoms with van der Waals surface area (Å²) in [6.45, 7) is 1.09. The van der Waals surface area contributed by atoms with Gasteiger partial charge in [-0.05, 0) is 37.6 Å². The van der Waals surface area contributed by atoms with Crippen LogP contribution in [0.4, 0.5) is 0 Å². The third kappa shape index (κ3) is 2.07. The lowest BCUT2D eigenvalue weighted by molar-refractivity contribution is 0.393. The van der Waals surface area contributed by atoms with Crippen molar-refractivity contribution >= 4 is 0 Å². The normalized spacial score (nSPS) is 20.3. The summed E-state index contributed by atoms with van der Waals surface area (Å²) in [6.07, 6.45) is 2.40. The monoisotopic (exact) mass is 207 g/mol. The second-order valence-electron chi connectivity index (χ2n) is 3.76. The van der Waals surface area contributed by atoms with Gasteiger partial charge in [0.25, 0.3) is 0 Å². The average molecular weight is 207 g/mol. The van der Waals surface area contributed by atoms with Gasteiger partial charge in [0.05, 0.1) is 14.2 Å². The Balaban J connectivity index is 2.32. The number of hydrogen-bond donors (Lipinski definition) is 1. The Bertz CT molecular complexity index is 332. The van der Waals surface area contributed by atoms with Crippen LogP contribution in [-0.4, -0.2) is 20.8 Å². The van der Waals surface area contributed by atoms with E-state index in [4.69, 9.17) is 9.47 Å². The van der Waals surface area contributed by atoms with Crippen molar-refractivity contribution in [2.75, 3.05) is 20.8 Å². The Labute approximate surface area is 90.4 Å². The second kappa shape index (κ2) is 4.53. The molecule has 1 aromatic carbocycles. The molecule has 0 bridgehead atoms. The molecule has 1 atom stereocenters. The molecular weight excluding hydrogens is 190 g/mol. The first-order valence-electron chi connectivity index (χ1n) is 5.30. The van der Waals surface area contributed by atoms with Crippen LogP contribution in [-0.2, 0) is 0 Å². The fourth-order valence-corrected chi connectivity index (χ4v) is 2.06. The smallest absolute Gasteiger partial charge is 0.123 e. The predicted molar refractivity (Wildman–Crippen MR) is 59.5 cm³/mol. The Hall–Kier alpha value is -1.22. The van der Waals surface area contributed by atoms with Crippen LogP contribution in [0.5, 0.6) is 11.5 Å². The molecule has 0 aromatic heterocycles. The molecule has 2 rings (SSSR count). The van der Waals surface area contributed by atoms with Crippen LogP contribution in [0.15, 0.2) is 18.2 Å². The van der Waals surface area contributed by atoms with Crippen molar-refractivity contribution in [2.24, 2.45) is 0 Å². The lowest BCUT2D eigenvalue weighted by Crippen LogP contribution is -2.13. The minimum atomic E-state index is 0.412. The van der Waals surface area contributed by atoms with Gasteiger partial charge in [0.2, 0.25) is 0 Å². The highest BCUT2D eigenvalue weighted by molar-refractivity contribution is 5.42. The van der Waals surface area contributed by atoms with E-state index in [0.29, 0.717) is 6.04 Å². The summed E-state index contributed by atoms with van der Waals surface area (Å²) in [5.74, 6) is 1.83. The predicted octanol–water partition coefficient (Wildman–Crippen LogP) is 2.13. The zero-order chi connectivity index (χ0) is 10.7. The zero-order valence-electron chi connectivity index (χ0n) is 9.25. The van der Waals surface area contributed by atoms with Gasteiger partial charge in [0, 0.05) is 11.6 Å². The summed E-state index contributed by atoms with van der Waals surface area (Å²) in [6, 6.07) is 6.36. The van der Waals surface area contributed by atoms with E-state index < -0.39 is 0 Å². The van der Waals surface area contributed by atoms with Crippen LogP contribution >= 0.6 is 0 Å². The third-order valence-electron chi connectivity index (χ3n) is 2.87. The van der Waals surface area contributed by atoms with Crippen LogP contribution in [0.2, 0.25) is 0 Å². The first-order chi connectivity index (χ1) is 7.35. The highest BCUT2D eigenvalue weighted by Crippen LogP contribution is 2.33. The molecule has 0 radical (unpaired) electrons. The van der Waals surface area contributed by atoms with Crippen molar-refractivity contribution in [3.05, 3.63) is 23.8 Å². The van der Waals surface area contributed by atoms with Gasteiger partial charge in [-0.2, -0.15) is 0 Å². The molecule has 3 nitrogen and oxygen atoms in total. The average Bonchev–Trinajstić information content (AvgIpc) is 2.81. The van der Waals surface area contributed by atoms with E-state index in [1.807, 2.05) is 12.1 Å². The van der Waals surface area contributed by atoms with Gasteiger partial charge >= 0.3 is 0 Å². The summed E-state index contributed by atoms with van der Waals surface area (Å²) >= 11 is 0. The highest BCUT2D eigenvalue weighted by Gasteiger charge is 2.20. The molecule has 0 amide bonds. The van der Waals surface area contributed by atoms with Crippen molar-refractivity contribution in [1.29, 1.82) is 0 Å². The van der Waals surface area contributed by atoms with E-state index >= 15 is 0 Å². The largest absolute Gasteiger partial charge is 0.497 e. The molecule has 1 N–H and O–H groups in total. The van der Waals surface area contributed by atoms with Crippen LogP contribution in [0.1, 0.15) is 24.4 Å². The van der Waals surface area contributed by atoms with Crippen LogP contribution in [0, 0.1) is 0 Å². The van der Waals surface area contributed by atoms with E-state index in [1.54, 1.807) is 14.2 Å². The number of benzene rings is 1. The molecule has 15 heavy (non-hydrogen) atoms. The van der Waals surface area contributed by atoms with Crippen LogP contribution in [0.3, 0.4) is 0 Å². The van der Waals surface area contributed by atoms with Crippen molar-refractivity contribution in [3.8, 4) is 11.5 Å². The van der Waals surface area contributed by atoms with Gasteiger partial charge in [0.1, 0.15) is 11.5 Å². The molecule has 1 saturated heterocycles. The van der Waals surface area contributed by atoms with Crippen molar-refractivity contribution in [1.82, 2.24) is 5.32 Å². The van der Waals surface area contributed by atoms with E-state index in [9.17, 15) is 0 Å². The molecule has 1 fully saturated rings. The summed E-state index contributed by atoms with van der Waals surface area (Å²) in [4.78, 5) is 0. The van der Waals surface area contributed by atoms with E-state index in [1.165, 1.54) is 18.4 Å². The van der Waals surface area contributed by atoms with Crippen molar-refractivity contribution in [2.45, 2.75) is 18.9 Å². The van der Waals surface area contributed by atoms with Gasteiger partial charge in [-0.15, -0.1) is 0 Å². The Morgan fingerprint density at radius 2 is 2.13 bits per heavy atom. The van der Waals surface area contributed by atoms with E-state index in [-0.39, 0.29) is 0 Å². The SMILES string of the molecule is COc1ccc(OC)c(C2CCCN2)c1. The highest BCUT2D eigenvalue weighted by atomic mass is 16.5. The fourth-order valence-electron chi connectivity index (χ4n) is 2.06. The maximum atomic E-state index is 5.36. The molecule has 0 saturated carbocycles. The first kappa shape index (κ1) is 10.3. The molecule has 1 heterocycles.